The standard InChI is InChI=1S/C18H25N5/c1-3-14(2)21-17-12-18(20-13-19-17)22-15-6-8-16(9-7-15)23-10-4-5-11-23/h6-9,12-14H,3-5,10-11H2,1-2H3,(H2,19,20,21,22). The first-order valence-electron chi connectivity index (χ1n) is 8.45. The minimum absolute atomic E-state index is 0.400. The molecule has 3 rings (SSSR count). The summed E-state index contributed by atoms with van der Waals surface area (Å²) in [5.41, 5.74) is 2.34. The quantitative estimate of drug-likeness (QED) is 0.843. The van der Waals surface area contributed by atoms with Gasteiger partial charge in [0.05, 0.1) is 0 Å². The summed E-state index contributed by atoms with van der Waals surface area (Å²) in [5.74, 6) is 1.66. The van der Waals surface area contributed by atoms with E-state index in [1.807, 2.05) is 6.07 Å². The highest BCUT2D eigenvalue weighted by Gasteiger charge is 2.11. The third-order valence-corrected chi connectivity index (χ3v) is 4.28. The number of benzene rings is 1. The highest BCUT2D eigenvalue weighted by Crippen LogP contribution is 2.23. The molecule has 1 fully saturated rings. The van der Waals surface area contributed by atoms with Crippen molar-refractivity contribution in [3.05, 3.63) is 36.7 Å². The van der Waals surface area contributed by atoms with E-state index in [1.165, 1.54) is 31.6 Å². The number of aromatic nitrogens is 2. The first-order chi connectivity index (χ1) is 11.2. The van der Waals surface area contributed by atoms with Crippen LogP contribution in [0.3, 0.4) is 0 Å². The van der Waals surface area contributed by atoms with Crippen LogP contribution in [-0.2, 0) is 0 Å². The molecule has 2 heterocycles. The van der Waals surface area contributed by atoms with Gasteiger partial charge in [-0.15, -0.1) is 0 Å². The van der Waals surface area contributed by atoms with Crippen LogP contribution in [-0.4, -0.2) is 29.1 Å². The maximum absolute atomic E-state index is 4.30. The van der Waals surface area contributed by atoms with Crippen molar-refractivity contribution in [2.75, 3.05) is 28.6 Å². The molecule has 1 aromatic heterocycles. The van der Waals surface area contributed by atoms with Gasteiger partial charge in [0.1, 0.15) is 18.0 Å². The summed E-state index contributed by atoms with van der Waals surface area (Å²) in [6, 6.07) is 10.9. The van der Waals surface area contributed by atoms with Crippen LogP contribution >= 0.6 is 0 Å². The summed E-state index contributed by atoms with van der Waals surface area (Å²) in [6.07, 6.45) is 5.25. The average molecular weight is 311 g/mol. The summed E-state index contributed by atoms with van der Waals surface area (Å²) in [6.45, 7) is 6.64. The molecule has 5 heteroatoms. The van der Waals surface area contributed by atoms with Crippen molar-refractivity contribution in [2.24, 2.45) is 0 Å². The number of hydrogen-bond acceptors (Lipinski definition) is 5. The topological polar surface area (TPSA) is 53.1 Å². The normalized spacial score (nSPS) is 15.5. The highest BCUT2D eigenvalue weighted by molar-refractivity contribution is 5.62. The summed E-state index contributed by atoms with van der Waals surface area (Å²) < 4.78 is 0. The molecule has 1 atom stereocenters. The molecule has 1 unspecified atom stereocenters. The van der Waals surface area contributed by atoms with E-state index in [1.54, 1.807) is 6.33 Å². The molecule has 1 aliphatic heterocycles. The number of nitrogens with zero attached hydrogens (tertiary/aromatic N) is 3. The lowest BCUT2D eigenvalue weighted by molar-refractivity contribution is 0.758. The fourth-order valence-electron chi connectivity index (χ4n) is 2.74. The van der Waals surface area contributed by atoms with Gasteiger partial charge in [-0.25, -0.2) is 9.97 Å². The molecule has 2 N–H and O–H groups in total. The third-order valence-electron chi connectivity index (χ3n) is 4.28. The molecule has 1 aromatic carbocycles. The summed E-state index contributed by atoms with van der Waals surface area (Å²) in [4.78, 5) is 11.0. The summed E-state index contributed by atoms with van der Waals surface area (Å²) >= 11 is 0. The fourth-order valence-corrected chi connectivity index (χ4v) is 2.74. The zero-order chi connectivity index (χ0) is 16.1. The van der Waals surface area contributed by atoms with Crippen LogP contribution in [0.5, 0.6) is 0 Å². The van der Waals surface area contributed by atoms with Crippen molar-refractivity contribution in [1.29, 1.82) is 0 Å². The minimum Gasteiger partial charge on any atom is -0.372 e. The first kappa shape index (κ1) is 15.6. The van der Waals surface area contributed by atoms with Gasteiger partial charge in [-0.05, 0) is 50.5 Å². The van der Waals surface area contributed by atoms with Crippen molar-refractivity contribution in [3.8, 4) is 0 Å². The second kappa shape index (κ2) is 7.31. The highest BCUT2D eigenvalue weighted by atomic mass is 15.1. The minimum atomic E-state index is 0.400. The Morgan fingerprint density at radius 1 is 1.09 bits per heavy atom. The van der Waals surface area contributed by atoms with Gasteiger partial charge in [-0.2, -0.15) is 0 Å². The molecule has 5 nitrogen and oxygen atoms in total. The summed E-state index contributed by atoms with van der Waals surface area (Å²) in [5, 5.41) is 6.71. The monoisotopic (exact) mass is 311 g/mol. The Morgan fingerprint density at radius 2 is 1.78 bits per heavy atom. The van der Waals surface area contributed by atoms with Crippen LogP contribution < -0.4 is 15.5 Å². The van der Waals surface area contributed by atoms with Gasteiger partial charge in [0.25, 0.3) is 0 Å². The maximum atomic E-state index is 4.30. The summed E-state index contributed by atoms with van der Waals surface area (Å²) in [7, 11) is 0. The molecule has 0 radical (unpaired) electrons. The van der Waals surface area contributed by atoms with Crippen molar-refractivity contribution >= 4 is 23.0 Å². The molecule has 0 amide bonds. The molecule has 0 saturated carbocycles. The molecular formula is C18H25N5. The van der Waals surface area contributed by atoms with Crippen LogP contribution in [0, 0.1) is 0 Å². The Labute approximate surface area is 138 Å². The van der Waals surface area contributed by atoms with Gasteiger partial charge >= 0.3 is 0 Å². The second-order valence-corrected chi connectivity index (χ2v) is 6.11. The Kier molecular flexibility index (Phi) is 4.95. The smallest absolute Gasteiger partial charge is 0.135 e. The van der Waals surface area contributed by atoms with Crippen molar-refractivity contribution in [3.63, 3.8) is 0 Å². The van der Waals surface area contributed by atoms with Crippen LogP contribution in [0.4, 0.5) is 23.0 Å². The van der Waals surface area contributed by atoms with Crippen LogP contribution in [0.2, 0.25) is 0 Å². The van der Waals surface area contributed by atoms with E-state index in [4.69, 9.17) is 0 Å². The van der Waals surface area contributed by atoms with Crippen molar-refractivity contribution in [1.82, 2.24) is 9.97 Å². The molecule has 2 aromatic rings. The fraction of sp³-hybridized carbons (Fsp3) is 0.444. The lowest BCUT2D eigenvalue weighted by Crippen LogP contribution is -2.17. The van der Waals surface area contributed by atoms with Gasteiger partial charge in [-0.3, -0.25) is 0 Å². The van der Waals surface area contributed by atoms with E-state index in [9.17, 15) is 0 Å². The van der Waals surface area contributed by atoms with E-state index in [2.05, 4.69) is 63.6 Å². The molecule has 23 heavy (non-hydrogen) atoms. The third kappa shape index (κ3) is 4.12. The van der Waals surface area contributed by atoms with E-state index in [0.717, 1.165) is 23.7 Å². The van der Waals surface area contributed by atoms with Gasteiger partial charge < -0.3 is 15.5 Å². The van der Waals surface area contributed by atoms with E-state index in [-0.39, 0.29) is 0 Å². The van der Waals surface area contributed by atoms with Crippen LogP contribution in [0.1, 0.15) is 33.1 Å². The Bertz CT molecular complexity index is 620. The van der Waals surface area contributed by atoms with Crippen molar-refractivity contribution in [2.45, 2.75) is 39.2 Å². The average Bonchev–Trinajstić information content (AvgIpc) is 3.10. The van der Waals surface area contributed by atoms with E-state index in [0.29, 0.717) is 6.04 Å². The molecule has 122 valence electrons. The number of anilines is 4. The first-order valence-corrected chi connectivity index (χ1v) is 8.45. The molecular weight excluding hydrogens is 286 g/mol. The lowest BCUT2D eigenvalue weighted by Gasteiger charge is -2.18. The number of hydrogen-bond donors (Lipinski definition) is 2. The van der Waals surface area contributed by atoms with E-state index < -0.39 is 0 Å². The Hall–Kier alpha value is -2.30. The molecule has 1 aliphatic rings. The SMILES string of the molecule is CCC(C)Nc1cc(Nc2ccc(N3CCCC3)cc2)ncn1. The predicted octanol–water partition coefficient (Wildman–Crippen LogP) is 4.03. The molecule has 0 spiro atoms. The number of nitrogens with one attached hydrogen (secondary N) is 2. The zero-order valence-electron chi connectivity index (χ0n) is 13.9. The van der Waals surface area contributed by atoms with E-state index >= 15 is 0 Å². The Balaban J connectivity index is 1.65. The van der Waals surface area contributed by atoms with Gasteiger partial charge in [0.2, 0.25) is 0 Å². The van der Waals surface area contributed by atoms with Gasteiger partial charge in [-0.1, -0.05) is 6.92 Å². The largest absolute Gasteiger partial charge is 0.372 e. The lowest BCUT2D eigenvalue weighted by atomic mass is 10.2. The van der Waals surface area contributed by atoms with Gasteiger partial charge in [0.15, 0.2) is 0 Å². The van der Waals surface area contributed by atoms with Crippen LogP contribution in [0.15, 0.2) is 36.7 Å². The van der Waals surface area contributed by atoms with Crippen molar-refractivity contribution < 1.29 is 0 Å². The molecule has 0 bridgehead atoms. The predicted molar refractivity (Wildman–Crippen MR) is 96.6 cm³/mol. The second-order valence-electron chi connectivity index (χ2n) is 6.11. The number of rotatable bonds is 6. The van der Waals surface area contributed by atoms with Gasteiger partial charge in [0, 0.05) is 36.6 Å². The zero-order valence-corrected chi connectivity index (χ0v) is 13.9. The maximum Gasteiger partial charge on any atom is 0.135 e. The Morgan fingerprint density at radius 3 is 2.48 bits per heavy atom. The molecule has 0 aliphatic carbocycles. The molecule has 1 saturated heterocycles. The van der Waals surface area contributed by atoms with Crippen LogP contribution in [0.25, 0.3) is 0 Å².